The van der Waals surface area contributed by atoms with E-state index in [0.717, 1.165) is 32.4 Å². The Bertz CT molecular complexity index is 286. The van der Waals surface area contributed by atoms with Crippen LogP contribution in [0.1, 0.15) is 39.0 Å². The van der Waals surface area contributed by atoms with Gasteiger partial charge in [-0.15, -0.1) is 0 Å². The monoisotopic (exact) mass is 303 g/mol. The molecule has 2 unspecified atom stereocenters. The van der Waals surface area contributed by atoms with Gasteiger partial charge in [-0.05, 0) is 31.6 Å². The minimum atomic E-state index is -0.133. The highest BCUT2D eigenvalue weighted by molar-refractivity contribution is 9.09. The number of rotatable bonds is 3. The molecule has 2 atom stereocenters. The predicted octanol–water partition coefficient (Wildman–Crippen LogP) is 2.58. The van der Waals surface area contributed by atoms with Crippen LogP contribution in [-0.4, -0.2) is 41.4 Å². The van der Waals surface area contributed by atoms with Crippen LogP contribution in [0, 0.1) is 5.92 Å². The fraction of sp³-hybridized carbons (Fsp3) is 0.923. The van der Waals surface area contributed by atoms with Gasteiger partial charge < -0.3 is 9.64 Å². The summed E-state index contributed by atoms with van der Waals surface area (Å²) in [6.07, 6.45) is 4.91. The summed E-state index contributed by atoms with van der Waals surface area (Å²) in [7, 11) is 1.74. The summed E-state index contributed by atoms with van der Waals surface area (Å²) in [5, 5.41) is 0. The molecule has 0 bridgehead atoms. The van der Waals surface area contributed by atoms with E-state index in [4.69, 9.17) is 4.74 Å². The maximum absolute atomic E-state index is 12.2. The molecule has 98 valence electrons. The number of hydrogen-bond donors (Lipinski definition) is 0. The van der Waals surface area contributed by atoms with E-state index >= 15 is 0 Å². The van der Waals surface area contributed by atoms with Crippen molar-refractivity contribution in [3.05, 3.63) is 0 Å². The van der Waals surface area contributed by atoms with Crippen molar-refractivity contribution in [2.45, 2.75) is 49.5 Å². The number of carbonyl (C=O) groups excluding carboxylic acids is 1. The number of piperidine rings is 1. The van der Waals surface area contributed by atoms with Crippen LogP contribution >= 0.6 is 15.9 Å². The van der Waals surface area contributed by atoms with Crippen LogP contribution in [0.15, 0.2) is 0 Å². The van der Waals surface area contributed by atoms with Crippen molar-refractivity contribution in [3.63, 3.8) is 0 Å². The number of hydrogen-bond acceptors (Lipinski definition) is 2. The number of methoxy groups -OCH3 is 1. The van der Waals surface area contributed by atoms with E-state index < -0.39 is 0 Å². The quantitative estimate of drug-likeness (QED) is 0.750. The van der Waals surface area contributed by atoms with Gasteiger partial charge in [-0.1, -0.05) is 22.9 Å². The molecule has 0 N–H and O–H groups in total. The molecule has 2 aliphatic rings. The van der Waals surface area contributed by atoms with Crippen molar-refractivity contribution in [1.82, 2.24) is 4.90 Å². The molecular formula is C13H22BrNO2. The second-order valence-corrected chi connectivity index (χ2v) is 6.72. The summed E-state index contributed by atoms with van der Waals surface area (Å²) in [6.45, 7) is 3.97. The second kappa shape index (κ2) is 5.27. The zero-order valence-corrected chi connectivity index (χ0v) is 12.3. The minimum Gasteiger partial charge on any atom is -0.378 e. The standard InChI is InChI=1S/C13H22BrNO2/c1-10-9-15(7-4-11(10)14)12(16)8-13(17-2)5-3-6-13/h10-11H,3-9H2,1-2H3. The van der Waals surface area contributed by atoms with Gasteiger partial charge in [-0.25, -0.2) is 0 Å². The van der Waals surface area contributed by atoms with Gasteiger partial charge >= 0.3 is 0 Å². The highest BCUT2D eigenvalue weighted by Gasteiger charge is 2.40. The van der Waals surface area contributed by atoms with E-state index in [2.05, 4.69) is 22.9 Å². The van der Waals surface area contributed by atoms with Crippen LogP contribution in [0.25, 0.3) is 0 Å². The summed E-state index contributed by atoms with van der Waals surface area (Å²) in [4.78, 5) is 14.8. The van der Waals surface area contributed by atoms with Crippen molar-refractivity contribution < 1.29 is 9.53 Å². The maximum Gasteiger partial charge on any atom is 0.225 e. The van der Waals surface area contributed by atoms with Gasteiger partial charge in [0.25, 0.3) is 0 Å². The lowest BCUT2D eigenvalue weighted by molar-refractivity contribution is -0.145. The summed E-state index contributed by atoms with van der Waals surface area (Å²) >= 11 is 3.67. The lowest BCUT2D eigenvalue weighted by atomic mass is 9.77. The third-order valence-corrected chi connectivity index (χ3v) is 5.68. The number of nitrogens with zero attached hydrogens (tertiary/aromatic N) is 1. The second-order valence-electron chi connectivity index (χ2n) is 5.54. The Kier molecular flexibility index (Phi) is 4.14. The van der Waals surface area contributed by atoms with Gasteiger partial charge in [0.1, 0.15) is 0 Å². The van der Waals surface area contributed by atoms with Crippen molar-refractivity contribution >= 4 is 21.8 Å². The fourth-order valence-electron chi connectivity index (χ4n) is 2.76. The molecule has 0 aromatic carbocycles. The summed E-state index contributed by atoms with van der Waals surface area (Å²) in [5.74, 6) is 0.824. The average molecular weight is 304 g/mol. The Morgan fingerprint density at radius 3 is 2.71 bits per heavy atom. The highest BCUT2D eigenvalue weighted by atomic mass is 79.9. The van der Waals surface area contributed by atoms with Crippen molar-refractivity contribution in [2.75, 3.05) is 20.2 Å². The van der Waals surface area contributed by atoms with E-state index in [1.54, 1.807) is 7.11 Å². The highest BCUT2D eigenvalue weighted by Crippen LogP contribution is 2.38. The molecule has 2 rings (SSSR count). The molecule has 2 fully saturated rings. The first kappa shape index (κ1) is 13.3. The average Bonchev–Trinajstić information content (AvgIpc) is 2.27. The zero-order chi connectivity index (χ0) is 12.5. The molecule has 17 heavy (non-hydrogen) atoms. The van der Waals surface area contributed by atoms with Crippen LogP contribution in [0.4, 0.5) is 0 Å². The number of amides is 1. The number of likely N-dealkylation sites (tertiary alicyclic amines) is 1. The molecule has 3 nitrogen and oxygen atoms in total. The van der Waals surface area contributed by atoms with Gasteiger partial charge in [0.05, 0.1) is 12.0 Å². The molecule has 1 saturated carbocycles. The minimum absolute atomic E-state index is 0.133. The SMILES string of the molecule is COC1(CC(=O)N2CCC(Br)C(C)C2)CCC1. The zero-order valence-electron chi connectivity index (χ0n) is 10.7. The van der Waals surface area contributed by atoms with Crippen LogP contribution in [-0.2, 0) is 9.53 Å². The third-order valence-electron chi connectivity index (χ3n) is 4.32. The third kappa shape index (κ3) is 2.84. The largest absolute Gasteiger partial charge is 0.378 e. The van der Waals surface area contributed by atoms with Crippen LogP contribution in [0.3, 0.4) is 0 Å². The molecule has 4 heteroatoms. The van der Waals surface area contributed by atoms with E-state index in [1.807, 2.05) is 4.90 Å². The van der Waals surface area contributed by atoms with E-state index in [-0.39, 0.29) is 11.5 Å². The summed E-state index contributed by atoms with van der Waals surface area (Å²) in [6, 6.07) is 0. The van der Waals surface area contributed by atoms with Gasteiger partial charge in [-0.3, -0.25) is 4.79 Å². The Hall–Kier alpha value is -0.0900. The first-order valence-corrected chi connectivity index (χ1v) is 7.45. The van der Waals surface area contributed by atoms with Gasteiger partial charge in [0.15, 0.2) is 0 Å². The molecule has 0 aromatic rings. The Balaban J connectivity index is 1.88. The maximum atomic E-state index is 12.2. The van der Waals surface area contributed by atoms with Crippen LogP contribution in [0.5, 0.6) is 0 Å². The molecule has 1 heterocycles. The van der Waals surface area contributed by atoms with Crippen LogP contribution < -0.4 is 0 Å². The van der Waals surface area contributed by atoms with Crippen molar-refractivity contribution in [3.8, 4) is 0 Å². The molecule has 1 aliphatic heterocycles. The topological polar surface area (TPSA) is 29.5 Å². The molecule has 0 spiro atoms. The normalized spacial score (nSPS) is 32.1. The molecule has 1 saturated heterocycles. The first-order chi connectivity index (χ1) is 8.06. The molecule has 1 amide bonds. The number of carbonyl (C=O) groups is 1. The smallest absolute Gasteiger partial charge is 0.225 e. The van der Waals surface area contributed by atoms with Gasteiger partial charge in [-0.2, -0.15) is 0 Å². The Labute approximate surface area is 112 Å². The Morgan fingerprint density at radius 1 is 1.53 bits per heavy atom. The molecule has 0 radical (unpaired) electrons. The predicted molar refractivity (Wildman–Crippen MR) is 71.3 cm³/mol. The van der Waals surface area contributed by atoms with Crippen molar-refractivity contribution in [1.29, 1.82) is 0 Å². The van der Waals surface area contributed by atoms with Gasteiger partial charge in [0, 0.05) is 25.0 Å². The van der Waals surface area contributed by atoms with Gasteiger partial charge in [0.2, 0.25) is 5.91 Å². The lowest BCUT2D eigenvalue weighted by Gasteiger charge is -2.42. The van der Waals surface area contributed by atoms with E-state index in [9.17, 15) is 4.79 Å². The van der Waals surface area contributed by atoms with Crippen LogP contribution in [0.2, 0.25) is 0 Å². The number of ether oxygens (including phenoxy) is 1. The summed E-state index contributed by atoms with van der Waals surface area (Å²) < 4.78 is 5.53. The lowest BCUT2D eigenvalue weighted by Crippen LogP contribution is -2.48. The number of halogens is 1. The summed E-state index contributed by atoms with van der Waals surface area (Å²) in [5.41, 5.74) is -0.133. The number of alkyl halides is 1. The molecule has 1 aliphatic carbocycles. The van der Waals surface area contributed by atoms with E-state index in [1.165, 1.54) is 6.42 Å². The molecule has 0 aromatic heterocycles. The first-order valence-electron chi connectivity index (χ1n) is 6.53. The Morgan fingerprint density at radius 2 is 2.24 bits per heavy atom. The molecular weight excluding hydrogens is 282 g/mol. The van der Waals surface area contributed by atoms with E-state index in [0.29, 0.717) is 17.2 Å². The van der Waals surface area contributed by atoms with Crippen molar-refractivity contribution in [2.24, 2.45) is 5.92 Å². The fourth-order valence-corrected chi connectivity index (χ4v) is 3.13.